The lowest BCUT2D eigenvalue weighted by atomic mass is 10.3. The summed E-state index contributed by atoms with van der Waals surface area (Å²) in [6, 6.07) is 5.70. The van der Waals surface area contributed by atoms with Crippen molar-refractivity contribution in [3.05, 3.63) is 23.9 Å². The summed E-state index contributed by atoms with van der Waals surface area (Å²) in [6.45, 7) is 4.77. The SMILES string of the molecule is CCCCN(C=O)c1cccc(C)n1. The summed E-state index contributed by atoms with van der Waals surface area (Å²) in [5.41, 5.74) is 0.936. The predicted octanol–water partition coefficient (Wildman–Crippen LogP) is 2.15. The molecule has 1 aromatic heterocycles. The van der Waals surface area contributed by atoms with Gasteiger partial charge in [-0.3, -0.25) is 9.69 Å². The van der Waals surface area contributed by atoms with Crippen molar-refractivity contribution in [1.29, 1.82) is 0 Å². The first-order chi connectivity index (χ1) is 6.77. The van der Waals surface area contributed by atoms with E-state index in [0.29, 0.717) is 0 Å². The van der Waals surface area contributed by atoms with Gasteiger partial charge in [0.25, 0.3) is 0 Å². The molecule has 0 saturated heterocycles. The molecule has 0 radical (unpaired) electrons. The molecular weight excluding hydrogens is 176 g/mol. The predicted molar refractivity (Wildman–Crippen MR) is 57.3 cm³/mol. The molecule has 0 atom stereocenters. The van der Waals surface area contributed by atoms with Crippen LogP contribution in [0.5, 0.6) is 0 Å². The first-order valence-electron chi connectivity index (χ1n) is 4.93. The summed E-state index contributed by atoms with van der Waals surface area (Å²) < 4.78 is 0. The summed E-state index contributed by atoms with van der Waals surface area (Å²) in [5.74, 6) is 0.744. The maximum atomic E-state index is 10.8. The lowest BCUT2D eigenvalue weighted by Crippen LogP contribution is -2.23. The number of nitrogens with zero attached hydrogens (tertiary/aromatic N) is 2. The fourth-order valence-corrected chi connectivity index (χ4v) is 1.24. The van der Waals surface area contributed by atoms with Crippen LogP contribution in [-0.2, 0) is 4.79 Å². The van der Waals surface area contributed by atoms with Crippen LogP contribution < -0.4 is 4.90 Å². The highest BCUT2D eigenvalue weighted by Gasteiger charge is 2.04. The van der Waals surface area contributed by atoms with Crippen LogP contribution in [0.25, 0.3) is 0 Å². The van der Waals surface area contributed by atoms with Crippen molar-refractivity contribution in [3.63, 3.8) is 0 Å². The molecule has 0 aromatic carbocycles. The number of hydrogen-bond donors (Lipinski definition) is 0. The topological polar surface area (TPSA) is 33.2 Å². The zero-order valence-electron chi connectivity index (χ0n) is 8.73. The Labute approximate surface area is 84.8 Å². The molecule has 0 bridgehead atoms. The molecule has 0 unspecified atom stereocenters. The van der Waals surface area contributed by atoms with E-state index >= 15 is 0 Å². The third-order valence-corrected chi connectivity index (χ3v) is 2.05. The maximum absolute atomic E-state index is 10.8. The highest BCUT2D eigenvalue weighted by molar-refractivity contribution is 5.72. The van der Waals surface area contributed by atoms with E-state index in [1.165, 1.54) is 0 Å². The Balaban J connectivity index is 2.73. The van der Waals surface area contributed by atoms with Crippen molar-refractivity contribution in [1.82, 2.24) is 4.98 Å². The Morgan fingerprint density at radius 3 is 2.86 bits per heavy atom. The first-order valence-corrected chi connectivity index (χ1v) is 4.93. The molecule has 1 amide bonds. The molecule has 14 heavy (non-hydrogen) atoms. The van der Waals surface area contributed by atoms with Gasteiger partial charge < -0.3 is 0 Å². The fraction of sp³-hybridized carbons (Fsp3) is 0.455. The first kappa shape index (κ1) is 10.7. The van der Waals surface area contributed by atoms with E-state index < -0.39 is 0 Å². The monoisotopic (exact) mass is 192 g/mol. The van der Waals surface area contributed by atoms with E-state index in [2.05, 4.69) is 11.9 Å². The van der Waals surface area contributed by atoms with Crippen LogP contribution in [0.4, 0.5) is 5.82 Å². The van der Waals surface area contributed by atoms with Crippen LogP contribution >= 0.6 is 0 Å². The van der Waals surface area contributed by atoms with Crippen LogP contribution in [0.2, 0.25) is 0 Å². The fourth-order valence-electron chi connectivity index (χ4n) is 1.24. The van der Waals surface area contributed by atoms with Crippen molar-refractivity contribution in [3.8, 4) is 0 Å². The van der Waals surface area contributed by atoms with Crippen molar-refractivity contribution in [2.24, 2.45) is 0 Å². The number of aromatic nitrogens is 1. The Morgan fingerprint density at radius 2 is 2.29 bits per heavy atom. The molecule has 1 heterocycles. The van der Waals surface area contributed by atoms with Gasteiger partial charge in [0.05, 0.1) is 0 Å². The third kappa shape index (κ3) is 2.83. The minimum absolute atomic E-state index is 0.744. The number of pyridine rings is 1. The Bertz CT molecular complexity index is 299. The quantitative estimate of drug-likeness (QED) is 0.670. The van der Waals surface area contributed by atoms with Crippen molar-refractivity contribution >= 4 is 12.2 Å². The zero-order valence-corrected chi connectivity index (χ0v) is 8.73. The van der Waals surface area contributed by atoms with Crippen LogP contribution in [0.3, 0.4) is 0 Å². The van der Waals surface area contributed by atoms with Gasteiger partial charge in [-0.15, -0.1) is 0 Å². The Kier molecular flexibility index (Phi) is 4.11. The number of anilines is 1. The van der Waals surface area contributed by atoms with Gasteiger partial charge >= 0.3 is 0 Å². The minimum atomic E-state index is 0.744. The Hall–Kier alpha value is -1.38. The molecule has 1 rings (SSSR count). The molecule has 3 nitrogen and oxygen atoms in total. The van der Waals surface area contributed by atoms with Gasteiger partial charge in [0, 0.05) is 12.2 Å². The smallest absolute Gasteiger partial charge is 0.215 e. The number of amides is 1. The number of aryl methyl sites for hydroxylation is 1. The van der Waals surface area contributed by atoms with Gasteiger partial charge in [0.2, 0.25) is 6.41 Å². The van der Waals surface area contributed by atoms with E-state index in [4.69, 9.17) is 0 Å². The number of hydrogen-bond acceptors (Lipinski definition) is 2. The summed E-state index contributed by atoms with van der Waals surface area (Å²) in [5, 5.41) is 0. The third-order valence-electron chi connectivity index (χ3n) is 2.05. The average molecular weight is 192 g/mol. The second-order valence-electron chi connectivity index (χ2n) is 3.29. The van der Waals surface area contributed by atoms with Crippen molar-refractivity contribution < 1.29 is 4.79 Å². The van der Waals surface area contributed by atoms with E-state index in [0.717, 1.165) is 37.3 Å². The lowest BCUT2D eigenvalue weighted by Gasteiger charge is -2.15. The second kappa shape index (κ2) is 5.37. The van der Waals surface area contributed by atoms with Crippen LogP contribution in [0.1, 0.15) is 25.5 Å². The number of unbranched alkanes of at least 4 members (excludes halogenated alkanes) is 1. The molecule has 0 aliphatic carbocycles. The highest BCUT2D eigenvalue weighted by Crippen LogP contribution is 2.10. The molecule has 3 heteroatoms. The molecular formula is C11H16N2O. The summed E-state index contributed by atoms with van der Waals surface area (Å²) in [4.78, 5) is 16.7. The van der Waals surface area contributed by atoms with E-state index in [9.17, 15) is 4.79 Å². The molecule has 0 spiro atoms. The molecule has 0 saturated carbocycles. The standard InChI is InChI=1S/C11H16N2O/c1-3-4-8-13(9-14)11-7-5-6-10(2)12-11/h5-7,9H,3-4,8H2,1-2H3. The van der Waals surface area contributed by atoms with E-state index in [1.54, 1.807) is 4.90 Å². The summed E-state index contributed by atoms with van der Waals surface area (Å²) in [6.07, 6.45) is 2.93. The van der Waals surface area contributed by atoms with Crippen molar-refractivity contribution in [2.45, 2.75) is 26.7 Å². The van der Waals surface area contributed by atoms with Crippen molar-refractivity contribution in [2.75, 3.05) is 11.4 Å². The van der Waals surface area contributed by atoms with Gasteiger partial charge in [-0.1, -0.05) is 19.4 Å². The summed E-state index contributed by atoms with van der Waals surface area (Å²) in [7, 11) is 0. The second-order valence-corrected chi connectivity index (χ2v) is 3.29. The van der Waals surface area contributed by atoms with E-state index in [-0.39, 0.29) is 0 Å². The molecule has 0 N–H and O–H groups in total. The average Bonchev–Trinajstić information content (AvgIpc) is 2.19. The maximum Gasteiger partial charge on any atom is 0.215 e. The molecule has 76 valence electrons. The van der Waals surface area contributed by atoms with Crippen LogP contribution in [0.15, 0.2) is 18.2 Å². The van der Waals surface area contributed by atoms with Crippen LogP contribution in [-0.4, -0.2) is 17.9 Å². The summed E-state index contributed by atoms with van der Waals surface area (Å²) >= 11 is 0. The van der Waals surface area contributed by atoms with Gasteiger partial charge in [-0.05, 0) is 25.5 Å². The van der Waals surface area contributed by atoms with Gasteiger partial charge in [0.15, 0.2) is 0 Å². The molecule has 0 aliphatic heterocycles. The van der Waals surface area contributed by atoms with E-state index in [1.807, 2.05) is 25.1 Å². The number of carbonyl (C=O) groups is 1. The van der Waals surface area contributed by atoms with Gasteiger partial charge in [0.1, 0.15) is 5.82 Å². The Morgan fingerprint density at radius 1 is 1.50 bits per heavy atom. The van der Waals surface area contributed by atoms with Gasteiger partial charge in [-0.25, -0.2) is 4.98 Å². The van der Waals surface area contributed by atoms with Gasteiger partial charge in [-0.2, -0.15) is 0 Å². The number of rotatable bonds is 5. The van der Waals surface area contributed by atoms with Crippen LogP contribution in [0, 0.1) is 6.92 Å². The largest absolute Gasteiger partial charge is 0.299 e. The molecule has 1 aromatic rings. The minimum Gasteiger partial charge on any atom is -0.299 e. The molecule has 0 fully saturated rings. The normalized spacial score (nSPS) is 9.86. The number of carbonyl (C=O) groups excluding carboxylic acids is 1. The highest BCUT2D eigenvalue weighted by atomic mass is 16.1. The lowest BCUT2D eigenvalue weighted by molar-refractivity contribution is -0.107. The molecule has 0 aliphatic rings. The zero-order chi connectivity index (χ0) is 10.4.